The van der Waals surface area contributed by atoms with E-state index in [0.717, 1.165) is 45.7 Å². The third-order valence-corrected chi connectivity index (χ3v) is 6.75. The van der Waals surface area contributed by atoms with E-state index < -0.39 is 0 Å². The molecule has 1 aromatic carbocycles. The van der Waals surface area contributed by atoms with Gasteiger partial charge in [-0.15, -0.1) is 0 Å². The molecule has 3 heterocycles. The van der Waals surface area contributed by atoms with Crippen molar-refractivity contribution in [2.75, 3.05) is 0 Å². The van der Waals surface area contributed by atoms with E-state index in [2.05, 4.69) is 56.3 Å². The molecule has 0 radical (unpaired) electrons. The summed E-state index contributed by atoms with van der Waals surface area (Å²) in [5.74, 6) is 0.393. The van der Waals surface area contributed by atoms with Gasteiger partial charge in [0.25, 0.3) is 0 Å². The first-order valence-corrected chi connectivity index (χ1v) is 11.2. The summed E-state index contributed by atoms with van der Waals surface area (Å²) < 4.78 is 3.91. The van der Waals surface area contributed by atoms with Crippen molar-refractivity contribution in [2.45, 2.75) is 37.5 Å². The van der Waals surface area contributed by atoms with Crippen LogP contribution in [-0.2, 0) is 0 Å². The molecule has 0 atom stereocenters. The number of aryl methyl sites for hydroxylation is 1. The zero-order chi connectivity index (χ0) is 21.2. The zero-order valence-corrected chi connectivity index (χ0v) is 18.1. The van der Waals surface area contributed by atoms with E-state index in [4.69, 9.17) is 0 Å². The first kappa shape index (κ1) is 19.6. The minimum Gasteiger partial charge on any atom is -0.271 e. The van der Waals surface area contributed by atoms with E-state index in [9.17, 15) is 5.26 Å². The lowest BCUT2D eigenvalue weighted by Gasteiger charge is -2.13. The van der Waals surface area contributed by atoms with Gasteiger partial charge in [0, 0.05) is 40.2 Å². The Bertz CT molecular complexity index is 1290. The van der Waals surface area contributed by atoms with Crippen LogP contribution in [0.2, 0.25) is 0 Å². The lowest BCUT2D eigenvalue weighted by atomic mass is 10.0. The highest BCUT2D eigenvalue weighted by molar-refractivity contribution is 7.98. The van der Waals surface area contributed by atoms with Crippen LogP contribution in [0.15, 0.2) is 66.2 Å². The fourth-order valence-corrected chi connectivity index (χ4v) is 5.03. The van der Waals surface area contributed by atoms with E-state index in [1.54, 1.807) is 24.4 Å². The van der Waals surface area contributed by atoms with Gasteiger partial charge in [0.2, 0.25) is 0 Å². The fraction of sp³-hybridized carbons (Fsp3) is 0.250. The van der Waals surface area contributed by atoms with Crippen molar-refractivity contribution in [3.8, 4) is 17.3 Å². The highest BCUT2D eigenvalue weighted by Gasteiger charge is 2.22. The van der Waals surface area contributed by atoms with Gasteiger partial charge in [-0.2, -0.15) is 10.4 Å². The molecule has 3 aromatic heterocycles. The van der Waals surface area contributed by atoms with Crippen LogP contribution in [0.3, 0.4) is 0 Å². The summed E-state index contributed by atoms with van der Waals surface area (Å²) >= 11 is 1.63. The maximum atomic E-state index is 9.27. The number of hydrogen-bond acceptors (Lipinski definition) is 5. The molecule has 31 heavy (non-hydrogen) atoms. The first-order chi connectivity index (χ1) is 15.2. The van der Waals surface area contributed by atoms with Crippen LogP contribution in [0, 0.1) is 24.2 Å². The van der Waals surface area contributed by atoms with Gasteiger partial charge in [-0.1, -0.05) is 30.5 Å². The van der Waals surface area contributed by atoms with Gasteiger partial charge in [-0.25, -0.2) is 14.6 Å². The highest BCUT2D eigenvalue weighted by Crippen LogP contribution is 2.35. The molecule has 0 unspecified atom stereocenters. The fourth-order valence-electron chi connectivity index (χ4n) is 4.19. The maximum Gasteiger partial charge on any atom is 0.154 e. The minimum atomic E-state index is 0.393. The Balaban J connectivity index is 1.48. The molecular weight excluding hydrogens is 404 g/mol. The molecule has 4 aromatic rings. The summed E-state index contributed by atoms with van der Waals surface area (Å²) in [6.45, 7) is 2.09. The standard InChI is InChI=1S/C24H22N6S/c1-17-6-8-20(9-7-17)31-30-13-11-21-23(26-16-27-24(21)30)19-14-28-29(15-19)22(10-12-25)18-4-2-3-5-18/h6-11,13-16,18H,2-5H2,1H3/b22-10-. The molecule has 0 bridgehead atoms. The quantitative estimate of drug-likeness (QED) is 0.382. The molecular formula is C24H22N6S. The summed E-state index contributed by atoms with van der Waals surface area (Å²) in [4.78, 5) is 10.2. The van der Waals surface area contributed by atoms with E-state index >= 15 is 0 Å². The molecule has 1 saturated carbocycles. The Morgan fingerprint density at radius 2 is 1.97 bits per heavy atom. The third kappa shape index (κ3) is 3.87. The monoisotopic (exact) mass is 426 g/mol. The molecule has 7 heteroatoms. The maximum absolute atomic E-state index is 9.27. The summed E-state index contributed by atoms with van der Waals surface area (Å²) in [6.07, 6.45) is 13.7. The number of nitriles is 1. The number of fused-ring (bicyclic) bond motifs is 1. The Morgan fingerprint density at radius 3 is 2.74 bits per heavy atom. The van der Waals surface area contributed by atoms with Gasteiger partial charge in [-0.05, 0) is 49.9 Å². The van der Waals surface area contributed by atoms with Gasteiger partial charge < -0.3 is 0 Å². The van der Waals surface area contributed by atoms with E-state index in [1.807, 2.05) is 29.3 Å². The van der Waals surface area contributed by atoms with E-state index in [0.29, 0.717) is 5.92 Å². The van der Waals surface area contributed by atoms with Crippen LogP contribution in [-0.4, -0.2) is 23.7 Å². The second-order valence-corrected chi connectivity index (χ2v) is 8.91. The van der Waals surface area contributed by atoms with Gasteiger partial charge in [0.15, 0.2) is 5.65 Å². The second-order valence-electron chi connectivity index (χ2n) is 7.86. The van der Waals surface area contributed by atoms with E-state index in [-0.39, 0.29) is 0 Å². The molecule has 1 aliphatic carbocycles. The van der Waals surface area contributed by atoms with Gasteiger partial charge in [0.1, 0.15) is 6.33 Å². The first-order valence-electron chi connectivity index (χ1n) is 10.4. The Labute approximate surface area is 185 Å². The Kier molecular flexibility index (Phi) is 5.31. The molecule has 0 saturated heterocycles. The van der Waals surface area contributed by atoms with Crippen molar-refractivity contribution < 1.29 is 0 Å². The molecule has 0 N–H and O–H groups in total. The lowest BCUT2D eigenvalue weighted by Crippen LogP contribution is -2.06. The minimum absolute atomic E-state index is 0.393. The van der Waals surface area contributed by atoms with Crippen molar-refractivity contribution in [1.29, 1.82) is 5.26 Å². The summed E-state index contributed by atoms with van der Waals surface area (Å²) in [7, 11) is 0. The van der Waals surface area contributed by atoms with Crippen LogP contribution < -0.4 is 0 Å². The number of rotatable bonds is 5. The number of hydrogen-bond donors (Lipinski definition) is 0. The lowest BCUT2D eigenvalue weighted by molar-refractivity contribution is 0.649. The topological polar surface area (TPSA) is 72.3 Å². The Hall–Kier alpha value is -3.37. The molecule has 5 rings (SSSR count). The molecule has 1 aliphatic rings. The smallest absolute Gasteiger partial charge is 0.154 e. The van der Waals surface area contributed by atoms with Gasteiger partial charge in [-0.3, -0.25) is 3.97 Å². The van der Waals surface area contributed by atoms with Crippen molar-refractivity contribution >= 4 is 28.7 Å². The van der Waals surface area contributed by atoms with Gasteiger partial charge in [0.05, 0.1) is 23.7 Å². The average Bonchev–Trinajstić information content (AvgIpc) is 3.55. The molecule has 1 fully saturated rings. The van der Waals surface area contributed by atoms with Gasteiger partial charge >= 0.3 is 0 Å². The molecule has 154 valence electrons. The molecule has 0 aliphatic heterocycles. The molecule has 0 spiro atoms. The SMILES string of the molecule is Cc1ccc(Sn2ccc3c(-c4cnn(/C(=C\C#N)C5CCCC5)c4)ncnc32)cc1. The van der Waals surface area contributed by atoms with Crippen molar-refractivity contribution in [2.24, 2.45) is 5.92 Å². The third-order valence-electron chi connectivity index (χ3n) is 5.78. The number of nitrogens with zero attached hydrogens (tertiary/aromatic N) is 6. The van der Waals surface area contributed by atoms with Crippen LogP contribution in [0.4, 0.5) is 0 Å². The predicted octanol–water partition coefficient (Wildman–Crippen LogP) is 5.71. The average molecular weight is 427 g/mol. The molecule has 0 amide bonds. The zero-order valence-electron chi connectivity index (χ0n) is 17.3. The van der Waals surface area contributed by atoms with Crippen molar-refractivity contribution in [1.82, 2.24) is 23.7 Å². The number of aromatic nitrogens is 5. The Morgan fingerprint density at radius 1 is 1.16 bits per heavy atom. The summed E-state index contributed by atoms with van der Waals surface area (Å²) in [6, 6.07) is 12.7. The second kappa shape index (κ2) is 8.40. The predicted molar refractivity (Wildman–Crippen MR) is 123 cm³/mol. The highest BCUT2D eigenvalue weighted by atomic mass is 32.2. The largest absolute Gasteiger partial charge is 0.271 e. The normalized spacial score (nSPS) is 14.9. The van der Waals surface area contributed by atoms with E-state index in [1.165, 1.54) is 18.4 Å². The number of allylic oxidation sites excluding steroid dienone is 2. The van der Waals surface area contributed by atoms with Crippen LogP contribution >= 0.6 is 11.9 Å². The molecule has 6 nitrogen and oxygen atoms in total. The van der Waals surface area contributed by atoms with Crippen LogP contribution in [0.1, 0.15) is 31.2 Å². The summed E-state index contributed by atoms with van der Waals surface area (Å²) in [5, 5.41) is 14.8. The van der Waals surface area contributed by atoms with Crippen LogP contribution in [0.25, 0.3) is 28.0 Å². The van der Waals surface area contributed by atoms with Crippen LogP contribution in [0.5, 0.6) is 0 Å². The van der Waals surface area contributed by atoms with Crippen molar-refractivity contribution in [3.63, 3.8) is 0 Å². The van der Waals surface area contributed by atoms with Crippen molar-refractivity contribution in [3.05, 3.63) is 66.9 Å². The summed E-state index contributed by atoms with van der Waals surface area (Å²) in [5.41, 5.74) is 4.86. The number of benzene rings is 1.